The summed E-state index contributed by atoms with van der Waals surface area (Å²) >= 11 is 3.57. The normalized spacial score (nSPS) is 15.0. The molecule has 0 unspecified atom stereocenters. The van der Waals surface area contributed by atoms with Crippen LogP contribution >= 0.6 is 15.9 Å². The molecular weight excluding hydrogens is 292 g/mol. The van der Waals surface area contributed by atoms with Gasteiger partial charge in [0.2, 0.25) is 0 Å². The number of halogens is 1. The van der Waals surface area contributed by atoms with Crippen LogP contribution in [0.2, 0.25) is 0 Å². The minimum Gasteiger partial charge on any atom is -0.325 e. The third-order valence-corrected chi connectivity index (χ3v) is 4.06. The number of nitrogens with zero attached hydrogens (tertiary/aromatic N) is 3. The molecule has 3 rings (SSSR count). The Labute approximate surface area is 114 Å². The zero-order valence-corrected chi connectivity index (χ0v) is 11.6. The number of aromatic nitrogens is 3. The van der Waals surface area contributed by atoms with Crippen molar-refractivity contribution in [3.8, 4) is 0 Å². The quantitative estimate of drug-likeness (QED) is 0.944. The van der Waals surface area contributed by atoms with Gasteiger partial charge in [-0.05, 0) is 24.5 Å². The van der Waals surface area contributed by atoms with Crippen molar-refractivity contribution < 1.29 is 0 Å². The molecule has 1 aliphatic rings. The van der Waals surface area contributed by atoms with Crippen LogP contribution in [0.15, 0.2) is 28.7 Å². The van der Waals surface area contributed by atoms with E-state index in [0.717, 1.165) is 16.7 Å². The van der Waals surface area contributed by atoms with Gasteiger partial charge in [-0.2, -0.15) is 0 Å². The van der Waals surface area contributed by atoms with E-state index in [1.807, 2.05) is 22.9 Å². The van der Waals surface area contributed by atoms with Crippen LogP contribution in [0, 0.1) is 0 Å². The Balaban J connectivity index is 1.93. The maximum absolute atomic E-state index is 5.73. The van der Waals surface area contributed by atoms with Gasteiger partial charge in [0.05, 0.1) is 17.9 Å². The maximum atomic E-state index is 5.73. The van der Waals surface area contributed by atoms with E-state index in [1.54, 1.807) is 0 Å². The van der Waals surface area contributed by atoms with E-state index >= 15 is 0 Å². The van der Waals surface area contributed by atoms with Crippen LogP contribution in [0.5, 0.6) is 0 Å². The highest BCUT2D eigenvalue weighted by Crippen LogP contribution is 2.41. The van der Waals surface area contributed by atoms with Crippen molar-refractivity contribution in [3.05, 3.63) is 45.7 Å². The fourth-order valence-electron chi connectivity index (χ4n) is 2.21. The minimum absolute atomic E-state index is 0.474. The van der Waals surface area contributed by atoms with Crippen molar-refractivity contribution in [3.63, 3.8) is 0 Å². The molecule has 0 saturated heterocycles. The van der Waals surface area contributed by atoms with E-state index in [-0.39, 0.29) is 0 Å². The Morgan fingerprint density at radius 2 is 2.11 bits per heavy atom. The first kappa shape index (κ1) is 11.9. The van der Waals surface area contributed by atoms with E-state index in [9.17, 15) is 0 Å². The van der Waals surface area contributed by atoms with Crippen LogP contribution in [-0.4, -0.2) is 15.0 Å². The highest BCUT2D eigenvalue weighted by molar-refractivity contribution is 9.10. The van der Waals surface area contributed by atoms with Crippen LogP contribution in [-0.2, 0) is 13.1 Å². The summed E-state index contributed by atoms with van der Waals surface area (Å²) in [6, 6.07) is 8.21. The average molecular weight is 307 g/mol. The minimum atomic E-state index is 0.474. The van der Waals surface area contributed by atoms with Gasteiger partial charge >= 0.3 is 0 Å². The molecule has 1 aliphatic carbocycles. The van der Waals surface area contributed by atoms with Gasteiger partial charge in [-0.25, -0.2) is 4.68 Å². The molecule has 0 aliphatic heterocycles. The largest absolute Gasteiger partial charge is 0.325 e. The van der Waals surface area contributed by atoms with Gasteiger partial charge in [0.15, 0.2) is 0 Å². The lowest BCUT2D eigenvalue weighted by atomic mass is 10.2. The Hall–Kier alpha value is -1.20. The maximum Gasteiger partial charge on any atom is 0.0997 e. The van der Waals surface area contributed by atoms with E-state index in [0.29, 0.717) is 12.5 Å². The Bertz CT molecular complexity index is 560. The molecule has 1 heterocycles. The lowest BCUT2D eigenvalue weighted by molar-refractivity contribution is 0.618. The number of rotatable bonds is 4. The molecule has 0 atom stereocenters. The van der Waals surface area contributed by atoms with Crippen molar-refractivity contribution >= 4 is 15.9 Å². The second-order valence-electron chi connectivity index (χ2n) is 4.65. The summed E-state index contributed by atoms with van der Waals surface area (Å²) in [4.78, 5) is 0. The average Bonchev–Trinajstić information content (AvgIpc) is 3.14. The SMILES string of the molecule is NCc1nnn(Cc2ccccc2Br)c1C1CC1. The van der Waals surface area contributed by atoms with Crippen LogP contribution in [0.25, 0.3) is 0 Å². The fraction of sp³-hybridized carbons (Fsp3) is 0.385. The molecule has 1 saturated carbocycles. The van der Waals surface area contributed by atoms with E-state index in [4.69, 9.17) is 5.73 Å². The van der Waals surface area contributed by atoms with Crippen LogP contribution in [0.1, 0.15) is 35.7 Å². The van der Waals surface area contributed by atoms with Crippen molar-refractivity contribution in [1.29, 1.82) is 0 Å². The fourth-order valence-corrected chi connectivity index (χ4v) is 2.62. The summed E-state index contributed by atoms with van der Waals surface area (Å²) in [6.07, 6.45) is 2.46. The second kappa shape index (κ2) is 4.82. The summed E-state index contributed by atoms with van der Waals surface area (Å²) < 4.78 is 3.11. The van der Waals surface area contributed by atoms with E-state index in [1.165, 1.54) is 24.1 Å². The van der Waals surface area contributed by atoms with Crippen molar-refractivity contribution in [2.75, 3.05) is 0 Å². The first-order valence-electron chi connectivity index (χ1n) is 6.15. The summed E-state index contributed by atoms with van der Waals surface area (Å²) in [6.45, 7) is 1.22. The molecule has 0 spiro atoms. The van der Waals surface area contributed by atoms with Gasteiger partial charge in [-0.1, -0.05) is 39.3 Å². The zero-order chi connectivity index (χ0) is 12.5. The van der Waals surface area contributed by atoms with Gasteiger partial charge < -0.3 is 5.73 Å². The first-order valence-corrected chi connectivity index (χ1v) is 6.94. The van der Waals surface area contributed by atoms with Crippen molar-refractivity contribution in [1.82, 2.24) is 15.0 Å². The molecular formula is C13H15BrN4. The van der Waals surface area contributed by atoms with E-state index < -0.39 is 0 Å². The van der Waals surface area contributed by atoms with Crippen LogP contribution in [0.3, 0.4) is 0 Å². The molecule has 1 fully saturated rings. The topological polar surface area (TPSA) is 56.7 Å². The Kier molecular flexibility index (Phi) is 3.18. The Morgan fingerprint density at radius 3 is 2.78 bits per heavy atom. The number of hydrogen-bond acceptors (Lipinski definition) is 3. The number of nitrogens with two attached hydrogens (primary N) is 1. The number of hydrogen-bond donors (Lipinski definition) is 1. The molecule has 1 aromatic heterocycles. The standard InChI is InChI=1S/C13H15BrN4/c14-11-4-2-1-3-10(11)8-18-13(9-5-6-9)12(7-15)16-17-18/h1-4,9H,5-8,15H2. The monoisotopic (exact) mass is 306 g/mol. The summed E-state index contributed by atoms with van der Waals surface area (Å²) in [5.74, 6) is 0.612. The molecule has 2 N–H and O–H groups in total. The molecule has 0 bridgehead atoms. The highest BCUT2D eigenvalue weighted by Gasteiger charge is 2.30. The molecule has 0 amide bonds. The van der Waals surface area contributed by atoms with E-state index in [2.05, 4.69) is 32.3 Å². The third-order valence-electron chi connectivity index (χ3n) is 3.28. The third kappa shape index (κ3) is 2.20. The molecule has 18 heavy (non-hydrogen) atoms. The lowest BCUT2D eigenvalue weighted by Crippen LogP contribution is -2.08. The molecule has 5 heteroatoms. The summed E-state index contributed by atoms with van der Waals surface area (Å²) in [7, 11) is 0. The number of benzene rings is 1. The van der Waals surface area contributed by atoms with Gasteiger partial charge in [-0.15, -0.1) is 5.10 Å². The molecule has 1 aromatic carbocycles. The predicted octanol–water partition coefficient (Wildman–Crippen LogP) is 2.42. The summed E-state index contributed by atoms with van der Waals surface area (Å²) in [5, 5.41) is 8.44. The van der Waals surface area contributed by atoms with Gasteiger partial charge in [0.1, 0.15) is 0 Å². The van der Waals surface area contributed by atoms with Gasteiger partial charge in [-0.3, -0.25) is 0 Å². The second-order valence-corrected chi connectivity index (χ2v) is 5.50. The van der Waals surface area contributed by atoms with Crippen LogP contribution in [0.4, 0.5) is 0 Å². The summed E-state index contributed by atoms with van der Waals surface area (Å²) in [5.41, 5.74) is 9.12. The molecule has 4 nitrogen and oxygen atoms in total. The van der Waals surface area contributed by atoms with Gasteiger partial charge in [0, 0.05) is 16.9 Å². The van der Waals surface area contributed by atoms with Gasteiger partial charge in [0.25, 0.3) is 0 Å². The zero-order valence-electron chi connectivity index (χ0n) is 10.0. The Morgan fingerprint density at radius 1 is 1.33 bits per heavy atom. The smallest absolute Gasteiger partial charge is 0.0997 e. The lowest BCUT2D eigenvalue weighted by Gasteiger charge is -2.08. The first-order chi connectivity index (χ1) is 8.79. The molecule has 94 valence electrons. The predicted molar refractivity (Wildman–Crippen MR) is 73.1 cm³/mol. The van der Waals surface area contributed by atoms with Crippen molar-refractivity contribution in [2.45, 2.75) is 31.8 Å². The highest BCUT2D eigenvalue weighted by atomic mass is 79.9. The molecule has 2 aromatic rings. The van der Waals surface area contributed by atoms with Crippen LogP contribution < -0.4 is 5.73 Å². The molecule has 0 radical (unpaired) electrons. The van der Waals surface area contributed by atoms with Crippen molar-refractivity contribution in [2.24, 2.45) is 5.73 Å².